The Hall–Kier alpha value is -0.870. The van der Waals surface area contributed by atoms with E-state index in [1.807, 2.05) is 0 Å². The summed E-state index contributed by atoms with van der Waals surface area (Å²) in [6, 6.07) is 0. The van der Waals surface area contributed by atoms with Gasteiger partial charge in [-0.05, 0) is 34.6 Å². The van der Waals surface area contributed by atoms with E-state index >= 15 is 0 Å². The van der Waals surface area contributed by atoms with Crippen molar-refractivity contribution in [2.45, 2.75) is 45.8 Å². The molecule has 0 aliphatic carbocycles. The summed E-state index contributed by atoms with van der Waals surface area (Å²) >= 11 is 0. The average Bonchev–Trinajstić information content (AvgIpc) is 2.12. The van der Waals surface area contributed by atoms with Gasteiger partial charge in [0, 0.05) is 11.8 Å². The second-order valence-electron chi connectivity index (χ2n) is 4.71. The Bertz CT molecular complexity index is 292. The Kier molecular flexibility index (Phi) is 2.46. The minimum absolute atomic E-state index is 0.0494. The lowest BCUT2D eigenvalue weighted by Crippen LogP contribution is -2.47. The van der Waals surface area contributed by atoms with Crippen LogP contribution in [0.2, 0.25) is 0 Å². The molecule has 0 spiro atoms. The van der Waals surface area contributed by atoms with E-state index in [4.69, 9.17) is 0 Å². The molecule has 79 valence electrons. The molecule has 0 unspecified atom stereocenters. The first-order valence-corrected chi connectivity index (χ1v) is 4.66. The molecule has 1 N–H and O–H groups in total. The van der Waals surface area contributed by atoms with Gasteiger partial charge in [0.05, 0.1) is 5.54 Å². The van der Waals surface area contributed by atoms with E-state index in [2.05, 4.69) is 5.32 Å². The molecule has 1 radical (unpaired) electrons. The topological polar surface area (TPSA) is 52.2 Å². The number of allylic oxidation sites excluding steroid dienone is 1. The fourth-order valence-corrected chi connectivity index (χ4v) is 1.76. The number of nitrogens with zero attached hydrogens (tertiary/aromatic N) is 1. The molecule has 1 heterocycles. The van der Waals surface area contributed by atoms with E-state index < -0.39 is 11.2 Å². The van der Waals surface area contributed by atoms with Crippen molar-refractivity contribution < 1.29 is 10.0 Å². The summed E-state index contributed by atoms with van der Waals surface area (Å²) in [7, 11) is 0. The highest BCUT2D eigenvalue weighted by Gasteiger charge is 2.48. The van der Waals surface area contributed by atoms with Crippen molar-refractivity contribution in [3.63, 3.8) is 0 Å². The normalized spacial score (nSPS) is 27.7. The third-order valence-corrected chi connectivity index (χ3v) is 2.46. The first-order valence-electron chi connectivity index (χ1n) is 4.66. The Morgan fingerprint density at radius 1 is 1.36 bits per heavy atom. The number of rotatable bonds is 1. The van der Waals surface area contributed by atoms with Gasteiger partial charge in [0.2, 0.25) is 0 Å². The van der Waals surface area contributed by atoms with Gasteiger partial charge in [0.25, 0.3) is 0 Å². The van der Waals surface area contributed by atoms with Crippen LogP contribution in [0, 0.1) is 0 Å². The van der Waals surface area contributed by atoms with Gasteiger partial charge < -0.3 is 5.32 Å². The molecule has 0 amide bonds. The summed E-state index contributed by atoms with van der Waals surface area (Å²) in [5, 5.41) is 15.9. The molecule has 4 nitrogen and oxygen atoms in total. The molecule has 0 aromatic rings. The molecule has 14 heavy (non-hydrogen) atoms. The van der Waals surface area contributed by atoms with E-state index in [0.717, 1.165) is 5.06 Å². The number of nitrogens with one attached hydrogen (secondary N) is 1. The number of ketones is 1. The zero-order valence-corrected chi connectivity index (χ0v) is 9.34. The van der Waals surface area contributed by atoms with Crippen LogP contribution in [0.5, 0.6) is 0 Å². The molecule has 1 saturated heterocycles. The molecule has 0 aromatic carbocycles. The molecule has 0 atom stereocenters. The van der Waals surface area contributed by atoms with Crippen molar-refractivity contribution >= 4 is 5.78 Å². The van der Waals surface area contributed by atoms with Gasteiger partial charge in [0.1, 0.15) is 5.66 Å². The number of hydrogen-bond acceptors (Lipinski definition) is 3. The molecule has 1 aliphatic heterocycles. The van der Waals surface area contributed by atoms with E-state index in [1.165, 1.54) is 13.0 Å². The van der Waals surface area contributed by atoms with Crippen molar-refractivity contribution in [3.8, 4) is 0 Å². The molecule has 0 saturated carbocycles. The number of hydroxylamine groups is 2. The van der Waals surface area contributed by atoms with Gasteiger partial charge in [0.15, 0.2) is 5.78 Å². The van der Waals surface area contributed by atoms with Gasteiger partial charge in [-0.15, -0.1) is 10.3 Å². The molecule has 1 fully saturated rings. The minimum atomic E-state index is -0.658. The standard InChI is InChI=1S/C10H17N2O2/c1-7(13)6-8-9(2,3)12(14)10(4,5)11-8/h6,11H,1-5H3/b8-6-. The van der Waals surface area contributed by atoms with Gasteiger partial charge in [-0.1, -0.05) is 0 Å². The SMILES string of the molecule is CC(=O)/C=C1\NC(C)(C)N([O])C1(C)C. The Balaban J connectivity index is 3.09. The molecular weight excluding hydrogens is 180 g/mol. The molecule has 0 bridgehead atoms. The molecule has 1 rings (SSSR count). The van der Waals surface area contributed by atoms with Gasteiger partial charge in [-0.3, -0.25) is 4.79 Å². The second kappa shape index (κ2) is 3.07. The maximum atomic E-state index is 11.8. The van der Waals surface area contributed by atoms with Crippen LogP contribution in [0.1, 0.15) is 34.6 Å². The molecule has 4 heteroatoms. The van der Waals surface area contributed by atoms with Crippen LogP contribution in [0.25, 0.3) is 0 Å². The van der Waals surface area contributed by atoms with Crippen LogP contribution in [0.3, 0.4) is 0 Å². The zero-order chi connectivity index (χ0) is 11.1. The third kappa shape index (κ3) is 1.67. The highest BCUT2D eigenvalue weighted by molar-refractivity contribution is 5.88. The predicted molar refractivity (Wildman–Crippen MR) is 52.6 cm³/mol. The lowest BCUT2D eigenvalue weighted by atomic mass is 10.0. The maximum absolute atomic E-state index is 11.8. The van der Waals surface area contributed by atoms with Crippen LogP contribution >= 0.6 is 0 Å². The first kappa shape index (κ1) is 11.2. The third-order valence-electron chi connectivity index (χ3n) is 2.46. The summed E-state index contributed by atoms with van der Waals surface area (Å²) in [5.74, 6) is -0.0494. The van der Waals surface area contributed by atoms with Crippen molar-refractivity contribution in [3.05, 3.63) is 11.8 Å². The van der Waals surface area contributed by atoms with Gasteiger partial charge in [-0.2, -0.15) is 0 Å². The van der Waals surface area contributed by atoms with E-state index in [0.29, 0.717) is 5.70 Å². The average molecular weight is 197 g/mol. The quantitative estimate of drug-likeness (QED) is 0.643. The number of hydrogen-bond donors (Lipinski definition) is 1. The lowest BCUT2D eigenvalue weighted by molar-refractivity contribution is -0.243. The Labute approximate surface area is 84.5 Å². The monoisotopic (exact) mass is 197 g/mol. The Morgan fingerprint density at radius 2 is 1.86 bits per heavy atom. The fourth-order valence-electron chi connectivity index (χ4n) is 1.76. The van der Waals surface area contributed by atoms with Crippen molar-refractivity contribution in [1.82, 2.24) is 10.4 Å². The largest absolute Gasteiger partial charge is 0.367 e. The van der Waals surface area contributed by atoms with E-state index in [-0.39, 0.29) is 5.78 Å². The minimum Gasteiger partial charge on any atom is -0.367 e. The summed E-state index contributed by atoms with van der Waals surface area (Å²) in [6.45, 7) is 8.67. The smallest absolute Gasteiger partial charge is 0.154 e. The number of carbonyl (C=O) groups is 1. The van der Waals surface area contributed by atoms with E-state index in [1.54, 1.807) is 27.7 Å². The summed E-state index contributed by atoms with van der Waals surface area (Å²) in [4.78, 5) is 11.0. The maximum Gasteiger partial charge on any atom is 0.154 e. The summed E-state index contributed by atoms with van der Waals surface area (Å²) in [6.07, 6.45) is 1.49. The molecule has 0 aromatic heterocycles. The zero-order valence-electron chi connectivity index (χ0n) is 9.34. The summed E-state index contributed by atoms with van der Waals surface area (Å²) < 4.78 is 0. The van der Waals surface area contributed by atoms with Gasteiger partial charge in [-0.25, -0.2) is 0 Å². The van der Waals surface area contributed by atoms with Gasteiger partial charge >= 0.3 is 0 Å². The number of carbonyl (C=O) groups excluding carboxylic acids is 1. The first-order chi connectivity index (χ1) is 6.18. The highest BCUT2D eigenvalue weighted by Crippen LogP contribution is 2.34. The lowest BCUT2D eigenvalue weighted by Gasteiger charge is -2.29. The van der Waals surface area contributed by atoms with Crippen LogP contribution in [-0.2, 0) is 10.0 Å². The van der Waals surface area contributed by atoms with Crippen LogP contribution < -0.4 is 5.32 Å². The van der Waals surface area contributed by atoms with E-state index in [9.17, 15) is 10.0 Å². The van der Waals surface area contributed by atoms with Crippen molar-refractivity contribution in [2.75, 3.05) is 0 Å². The highest BCUT2D eigenvalue weighted by atomic mass is 16.5. The fraction of sp³-hybridized carbons (Fsp3) is 0.700. The second-order valence-corrected chi connectivity index (χ2v) is 4.71. The molecule has 1 aliphatic rings. The molecular formula is C10H17N2O2. The van der Waals surface area contributed by atoms with Crippen LogP contribution in [-0.4, -0.2) is 22.0 Å². The van der Waals surface area contributed by atoms with Crippen molar-refractivity contribution in [1.29, 1.82) is 0 Å². The van der Waals surface area contributed by atoms with Crippen LogP contribution in [0.4, 0.5) is 0 Å². The van der Waals surface area contributed by atoms with Crippen LogP contribution in [0.15, 0.2) is 11.8 Å². The predicted octanol–water partition coefficient (Wildman–Crippen LogP) is 1.22. The summed E-state index contributed by atoms with van der Waals surface area (Å²) in [5.41, 5.74) is -0.620. The van der Waals surface area contributed by atoms with Crippen molar-refractivity contribution in [2.24, 2.45) is 0 Å². The Morgan fingerprint density at radius 3 is 2.14 bits per heavy atom.